The maximum Gasteiger partial charge on any atom is 0.338 e. The lowest BCUT2D eigenvalue weighted by molar-refractivity contribution is -0.143. The second kappa shape index (κ2) is 6.13. The number of aliphatic imine (C=N–C) groups is 1. The fraction of sp³-hybridized carbons (Fsp3) is 0.357. The Balaban J connectivity index is 2.39. The van der Waals surface area contributed by atoms with Crippen LogP contribution >= 0.6 is 0 Å². The fourth-order valence-electron chi connectivity index (χ4n) is 1.99. The van der Waals surface area contributed by atoms with E-state index in [0.29, 0.717) is 17.0 Å². The third kappa shape index (κ3) is 3.23. The molecule has 1 atom stereocenters. The molecule has 0 aromatic carbocycles. The fourth-order valence-corrected chi connectivity index (χ4v) is 1.99. The number of carbonyl (C=O) groups is 1. The van der Waals surface area contributed by atoms with Crippen molar-refractivity contribution < 1.29 is 13.9 Å². The van der Waals surface area contributed by atoms with Crippen molar-refractivity contribution in [2.24, 2.45) is 4.99 Å². The minimum Gasteiger partial charge on any atom is -0.467 e. The molecule has 7 nitrogen and oxygen atoms in total. The Bertz CT molecular complexity index is 623. The molecule has 110 valence electrons. The Morgan fingerprint density at radius 3 is 2.95 bits per heavy atom. The second-order valence-corrected chi connectivity index (χ2v) is 4.75. The lowest BCUT2D eigenvalue weighted by Gasteiger charge is -2.24. The van der Waals surface area contributed by atoms with Crippen LogP contribution in [-0.2, 0) is 9.53 Å². The molecule has 1 aliphatic heterocycles. The largest absolute Gasteiger partial charge is 0.467 e. The monoisotopic (exact) mass is 288 g/mol. The summed E-state index contributed by atoms with van der Waals surface area (Å²) in [5.74, 6) is 0.303. The third-order valence-electron chi connectivity index (χ3n) is 2.79. The molecule has 21 heavy (non-hydrogen) atoms. The minimum absolute atomic E-state index is 0.238. The first-order valence-electron chi connectivity index (χ1n) is 6.48. The number of hydrogen-bond donors (Lipinski definition) is 2. The SMILES string of the molecule is CC1=C(C(=O)OC(C)C)[C@H](c2ccco2)N=C(NC#N)N1. The summed E-state index contributed by atoms with van der Waals surface area (Å²) in [6.45, 7) is 5.27. The van der Waals surface area contributed by atoms with Crippen molar-refractivity contribution in [1.29, 1.82) is 5.26 Å². The van der Waals surface area contributed by atoms with Gasteiger partial charge >= 0.3 is 5.97 Å². The van der Waals surface area contributed by atoms with E-state index in [1.54, 1.807) is 39.1 Å². The lowest BCUT2D eigenvalue weighted by atomic mass is 10.0. The number of guanidine groups is 1. The average Bonchev–Trinajstić information content (AvgIpc) is 2.90. The Morgan fingerprint density at radius 1 is 1.62 bits per heavy atom. The number of furan rings is 1. The van der Waals surface area contributed by atoms with Crippen LogP contribution in [0.2, 0.25) is 0 Å². The summed E-state index contributed by atoms with van der Waals surface area (Å²) in [5.41, 5.74) is 0.928. The molecule has 0 saturated heterocycles. The van der Waals surface area contributed by atoms with Crippen LogP contribution in [0.1, 0.15) is 32.6 Å². The van der Waals surface area contributed by atoms with Gasteiger partial charge in [0, 0.05) is 5.70 Å². The normalized spacial score (nSPS) is 17.9. The topological polar surface area (TPSA) is 99.7 Å². The summed E-state index contributed by atoms with van der Waals surface area (Å²) in [7, 11) is 0. The Morgan fingerprint density at radius 2 is 2.38 bits per heavy atom. The molecule has 0 radical (unpaired) electrons. The molecule has 1 aliphatic rings. The molecule has 7 heteroatoms. The van der Waals surface area contributed by atoms with Crippen LogP contribution in [0, 0.1) is 11.5 Å². The highest BCUT2D eigenvalue weighted by molar-refractivity contribution is 5.95. The zero-order valence-electron chi connectivity index (χ0n) is 12.0. The van der Waals surface area contributed by atoms with Crippen LogP contribution in [0.5, 0.6) is 0 Å². The van der Waals surface area contributed by atoms with E-state index >= 15 is 0 Å². The quantitative estimate of drug-likeness (QED) is 0.497. The zero-order chi connectivity index (χ0) is 15.4. The zero-order valence-corrected chi connectivity index (χ0v) is 12.0. The maximum atomic E-state index is 12.3. The van der Waals surface area contributed by atoms with E-state index in [1.165, 1.54) is 6.26 Å². The van der Waals surface area contributed by atoms with Crippen LogP contribution in [0.4, 0.5) is 0 Å². The molecule has 1 aromatic heterocycles. The third-order valence-corrected chi connectivity index (χ3v) is 2.79. The highest BCUT2D eigenvalue weighted by Crippen LogP contribution is 2.31. The Labute approximate surface area is 122 Å². The molecule has 0 bridgehead atoms. The summed E-state index contributed by atoms with van der Waals surface area (Å²) in [4.78, 5) is 16.6. The molecular weight excluding hydrogens is 272 g/mol. The van der Waals surface area contributed by atoms with Gasteiger partial charge in [0.1, 0.15) is 11.8 Å². The van der Waals surface area contributed by atoms with E-state index in [9.17, 15) is 4.79 Å². The van der Waals surface area contributed by atoms with Crippen molar-refractivity contribution in [3.05, 3.63) is 35.4 Å². The number of hydrogen-bond acceptors (Lipinski definition) is 7. The van der Waals surface area contributed by atoms with Crippen molar-refractivity contribution in [2.45, 2.75) is 32.9 Å². The highest BCUT2D eigenvalue weighted by Gasteiger charge is 2.32. The van der Waals surface area contributed by atoms with Gasteiger partial charge in [0.2, 0.25) is 5.96 Å². The molecular formula is C14H16N4O3. The predicted molar refractivity (Wildman–Crippen MR) is 74.7 cm³/mol. The van der Waals surface area contributed by atoms with Crippen molar-refractivity contribution in [3.63, 3.8) is 0 Å². The molecule has 0 fully saturated rings. The van der Waals surface area contributed by atoms with Crippen molar-refractivity contribution in [2.75, 3.05) is 0 Å². The summed E-state index contributed by atoms with van der Waals surface area (Å²) in [6.07, 6.45) is 3.05. The second-order valence-electron chi connectivity index (χ2n) is 4.75. The van der Waals surface area contributed by atoms with Gasteiger partial charge in [-0.15, -0.1) is 0 Å². The number of allylic oxidation sites excluding steroid dienone is 1. The Hall–Kier alpha value is -2.75. The number of carbonyl (C=O) groups excluding carboxylic acids is 1. The predicted octanol–water partition coefficient (Wildman–Crippen LogP) is 1.58. The van der Waals surface area contributed by atoms with E-state index in [1.807, 2.05) is 0 Å². The standard InChI is InChI=1S/C14H16N4O3/c1-8(2)21-13(19)11-9(3)17-14(16-7-15)18-12(11)10-5-4-6-20-10/h4-6,8,12H,1-3H3,(H2,16,17,18)/t12-/m0/s1. The van der Waals surface area contributed by atoms with Gasteiger partial charge in [0.25, 0.3) is 0 Å². The van der Waals surface area contributed by atoms with Gasteiger partial charge in [0.05, 0.1) is 17.9 Å². The van der Waals surface area contributed by atoms with Gasteiger partial charge in [-0.3, -0.25) is 5.32 Å². The van der Waals surface area contributed by atoms with Gasteiger partial charge in [0.15, 0.2) is 6.19 Å². The first kappa shape index (κ1) is 14.7. The van der Waals surface area contributed by atoms with Crippen LogP contribution in [0.15, 0.2) is 39.1 Å². The summed E-state index contributed by atoms with van der Waals surface area (Å²) >= 11 is 0. The van der Waals surface area contributed by atoms with Gasteiger partial charge in [-0.05, 0) is 32.9 Å². The molecule has 1 aromatic rings. The molecule has 2 N–H and O–H groups in total. The number of nitriles is 1. The Kier molecular flexibility index (Phi) is 4.28. The average molecular weight is 288 g/mol. The highest BCUT2D eigenvalue weighted by atomic mass is 16.5. The smallest absolute Gasteiger partial charge is 0.338 e. The van der Waals surface area contributed by atoms with E-state index in [4.69, 9.17) is 14.4 Å². The van der Waals surface area contributed by atoms with E-state index in [2.05, 4.69) is 15.6 Å². The van der Waals surface area contributed by atoms with Gasteiger partial charge in [-0.1, -0.05) is 0 Å². The van der Waals surface area contributed by atoms with Crippen LogP contribution in [-0.4, -0.2) is 18.0 Å². The van der Waals surface area contributed by atoms with Gasteiger partial charge < -0.3 is 14.5 Å². The molecule has 0 saturated carbocycles. The number of rotatable bonds is 3. The number of nitrogens with one attached hydrogen (secondary N) is 2. The maximum absolute atomic E-state index is 12.3. The van der Waals surface area contributed by atoms with Crippen LogP contribution in [0.25, 0.3) is 0 Å². The van der Waals surface area contributed by atoms with Crippen LogP contribution in [0.3, 0.4) is 0 Å². The molecule has 0 unspecified atom stereocenters. The molecule has 0 amide bonds. The minimum atomic E-state index is -0.650. The van der Waals surface area contributed by atoms with Crippen molar-refractivity contribution >= 4 is 11.9 Å². The molecule has 2 rings (SSSR count). The molecule has 0 aliphatic carbocycles. The van der Waals surface area contributed by atoms with Crippen LogP contribution < -0.4 is 10.6 Å². The molecule has 0 spiro atoms. The lowest BCUT2D eigenvalue weighted by Crippen LogP contribution is -2.39. The summed E-state index contributed by atoms with van der Waals surface area (Å²) < 4.78 is 10.6. The summed E-state index contributed by atoms with van der Waals surface area (Å²) in [5, 5.41) is 14.0. The van der Waals surface area contributed by atoms with Crippen molar-refractivity contribution in [1.82, 2.24) is 10.6 Å². The number of ether oxygens (including phenoxy) is 1. The number of esters is 1. The van der Waals surface area contributed by atoms with E-state index in [0.717, 1.165) is 0 Å². The van der Waals surface area contributed by atoms with Gasteiger partial charge in [-0.2, -0.15) is 5.26 Å². The molecule has 2 heterocycles. The van der Waals surface area contributed by atoms with E-state index < -0.39 is 12.0 Å². The summed E-state index contributed by atoms with van der Waals surface area (Å²) in [6, 6.07) is 2.79. The van der Waals surface area contributed by atoms with E-state index in [-0.39, 0.29) is 12.1 Å². The first-order chi connectivity index (χ1) is 10.0. The first-order valence-corrected chi connectivity index (χ1v) is 6.48. The number of nitrogens with zero attached hydrogens (tertiary/aromatic N) is 2. The van der Waals surface area contributed by atoms with Gasteiger partial charge in [-0.25, -0.2) is 9.79 Å². The van der Waals surface area contributed by atoms with Crippen molar-refractivity contribution in [3.8, 4) is 6.19 Å².